The summed E-state index contributed by atoms with van der Waals surface area (Å²) in [4.78, 5) is 20.0. The highest BCUT2D eigenvalue weighted by Crippen LogP contribution is 2.28. The number of rotatable bonds is 3. The monoisotopic (exact) mass is 388 g/mol. The average molecular weight is 388 g/mol. The highest BCUT2D eigenvalue weighted by atomic mass is 32.1. The van der Waals surface area contributed by atoms with Crippen LogP contribution in [0.3, 0.4) is 0 Å². The molecule has 1 aromatic carbocycles. The molecule has 0 radical (unpaired) electrons. The molecule has 1 N–H and O–H groups in total. The summed E-state index contributed by atoms with van der Waals surface area (Å²) in [5, 5.41) is 2.65. The van der Waals surface area contributed by atoms with Crippen LogP contribution in [-0.4, -0.2) is 47.5 Å². The summed E-state index contributed by atoms with van der Waals surface area (Å²) in [7, 11) is 0. The van der Waals surface area contributed by atoms with E-state index in [4.69, 9.17) is 4.74 Å². The second-order valence-corrected chi connectivity index (χ2v) is 7.19. The maximum Gasteiger partial charge on any atom is 0.318 e. The normalized spacial score (nSPS) is 18.8. The van der Waals surface area contributed by atoms with Crippen LogP contribution < -0.4 is 15.0 Å². The van der Waals surface area contributed by atoms with Crippen LogP contribution in [0.2, 0.25) is 0 Å². The first-order valence-electron chi connectivity index (χ1n) is 8.94. The van der Waals surface area contributed by atoms with E-state index in [1.807, 2.05) is 23.1 Å². The number of halogens is 1. The highest BCUT2D eigenvalue weighted by Gasteiger charge is 2.29. The Morgan fingerprint density at radius 1 is 1.37 bits per heavy atom. The number of hydrogen-bond donors (Lipinski definition) is 2. The predicted octanol–water partition coefficient (Wildman–Crippen LogP) is 2.44. The molecule has 2 aliphatic heterocycles. The van der Waals surface area contributed by atoms with Crippen molar-refractivity contribution in [2.75, 3.05) is 31.1 Å². The molecule has 0 spiro atoms. The molecule has 142 valence electrons. The lowest BCUT2D eigenvalue weighted by Gasteiger charge is -2.40. The van der Waals surface area contributed by atoms with Gasteiger partial charge in [-0.1, -0.05) is 12.1 Å². The molecule has 27 heavy (non-hydrogen) atoms. The maximum absolute atomic E-state index is 13.9. The molecule has 4 rings (SSSR count). The second kappa shape index (κ2) is 7.64. The molecule has 1 unspecified atom stereocenters. The summed E-state index contributed by atoms with van der Waals surface area (Å²) in [6.45, 7) is 2.60. The van der Waals surface area contributed by atoms with Crippen LogP contribution in [0, 0.1) is 5.82 Å². The standard InChI is InChI=1S/C19H21FN4O2S/c20-15-11-21-6-4-16(15)23-7-8-24(18(27)12-23)19(25)22-10-13-2-1-3-17-14(13)5-9-26-17/h1-4,6,11,18,27H,5,7-10,12H2,(H,22,25). The van der Waals surface area contributed by atoms with Crippen LogP contribution in [-0.2, 0) is 13.0 Å². The van der Waals surface area contributed by atoms with Gasteiger partial charge in [-0.25, -0.2) is 9.18 Å². The van der Waals surface area contributed by atoms with E-state index in [2.05, 4.69) is 22.9 Å². The van der Waals surface area contributed by atoms with E-state index < -0.39 is 0 Å². The Labute approximate surface area is 162 Å². The van der Waals surface area contributed by atoms with Crippen molar-refractivity contribution < 1.29 is 13.9 Å². The number of fused-ring (bicyclic) bond motifs is 1. The van der Waals surface area contributed by atoms with E-state index >= 15 is 0 Å². The fourth-order valence-electron chi connectivity index (χ4n) is 3.58. The van der Waals surface area contributed by atoms with Crippen LogP contribution in [0.5, 0.6) is 5.75 Å². The number of hydrogen-bond acceptors (Lipinski definition) is 5. The first-order chi connectivity index (χ1) is 13.1. The van der Waals surface area contributed by atoms with Crippen LogP contribution >= 0.6 is 12.6 Å². The number of carbonyl (C=O) groups excluding carboxylic acids is 1. The molecule has 0 aliphatic carbocycles. The molecule has 6 nitrogen and oxygen atoms in total. The number of amides is 2. The van der Waals surface area contributed by atoms with Gasteiger partial charge in [0.1, 0.15) is 5.75 Å². The third-order valence-corrected chi connectivity index (χ3v) is 5.42. The smallest absolute Gasteiger partial charge is 0.318 e. The SMILES string of the molecule is O=C(NCc1cccc2c1CCO2)N1CCN(c2ccncc2F)CC1S. The molecule has 0 bridgehead atoms. The third kappa shape index (κ3) is 3.66. The van der Waals surface area contributed by atoms with Gasteiger partial charge in [0.25, 0.3) is 0 Å². The molecule has 2 aromatic rings. The molecule has 2 aliphatic rings. The zero-order valence-corrected chi connectivity index (χ0v) is 15.7. The lowest BCUT2D eigenvalue weighted by Crippen LogP contribution is -2.55. The molecule has 8 heteroatoms. The molecule has 1 fully saturated rings. The zero-order chi connectivity index (χ0) is 18.8. The summed E-state index contributed by atoms with van der Waals surface area (Å²) >= 11 is 4.55. The molecule has 1 aromatic heterocycles. The van der Waals surface area contributed by atoms with Crippen LogP contribution in [0.25, 0.3) is 0 Å². The lowest BCUT2D eigenvalue weighted by atomic mass is 10.1. The summed E-state index contributed by atoms with van der Waals surface area (Å²) in [6.07, 6.45) is 3.63. The Balaban J connectivity index is 1.36. The number of ether oxygens (including phenoxy) is 1. The fourth-order valence-corrected chi connectivity index (χ4v) is 3.99. The summed E-state index contributed by atoms with van der Waals surface area (Å²) in [6, 6.07) is 7.38. The Kier molecular flexibility index (Phi) is 5.07. The van der Waals surface area contributed by atoms with E-state index in [-0.39, 0.29) is 17.2 Å². The van der Waals surface area contributed by atoms with Crippen molar-refractivity contribution in [2.45, 2.75) is 18.3 Å². The zero-order valence-electron chi connectivity index (χ0n) is 14.8. The number of pyridine rings is 1. The minimum absolute atomic E-state index is 0.165. The number of urea groups is 1. The van der Waals surface area contributed by atoms with E-state index in [1.165, 1.54) is 11.8 Å². The topological polar surface area (TPSA) is 57.7 Å². The van der Waals surface area contributed by atoms with E-state index in [0.717, 1.165) is 17.7 Å². The van der Waals surface area contributed by atoms with Crippen molar-refractivity contribution >= 4 is 24.3 Å². The Hall–Kier alpha value is -2.48. The molecule has 0 saturated carbocycles. The van der Waals surface area contributed by atoms with Gasteiger partial charge >= 0.3 is 6.03 Å². The molecule has 2 amide bonds. The first kappa shape index (κ1) is 17.9. The molecule has 3 heterocycles. The van der Waals surface area contributed by atoms with Crippen molar-refractivity contribution in [3.8, 4) is 5.75 Å². The van der Waals surface area contributed by atoms with Gasteiger partial charge in [-0.2, -0.15) is 12.6 Å². The predicted molar refractivity (Wildman–Crippen MR) is 104 cm³/mol. The molecular formula is C19H21FN4O2S. The van der Waals surface area contributed by atoms with E-state index in [0.29, 0.717) is 38.5 Å². The van der Waals surface area contributed by atoms with E-state index in [1.54, 1.807) is 17.2 Å². The number of benzene rings is 1. The number of piperazine rings is 1. The van der Waals surface area contributed by atoms with Crippen molar-refractivity contribution in [3.63, 3.8) is 0 Å². The van der Waals surface area contributed by atoms with E-state index in [9.17, 15) is 9.18 Å². The van der Waals surface area contributed by atoms with Gasteiger partial charge in [0.15, 0.2) is 5.82 Å². The third-order valence-electron chi connectivity index (χ3n) is 4.98. The number of thiol groups is 1. The van der Waals surface area contributed by atoms with Gasteiger partial charge in [-0.3, -0.25) is 4.98 Å². The Bertz CT molecular complexity index is 850. The van der Waals surface area contributed by atoms with Crippen molar-refractivity contribution in [3.05, 3.63) is 53.6 Å². The average Bonchev–Trinajstić information content (AvgIpc) is 3.16. The summed E-state index contributed by atoms with van der Waals surface area (Å²) in [5.41, 5.74) is 2.73. The van der Waals surface area contributed by atoms with Gasteiger partial charge < -0.3 is 19.9 Å². The minimum Gasteiger partial charge on any atom is -0.493 e. The quantitative estimate of drug-likeness (QED) is 0.793. The van der Waals surface area contributed by atoms with Crippen molar-refractivity contribution in [2.24, 2.45) is 0 Å². The highest BCUT2D eigenvalue weighted by molar-refractivity contribution is 7.80. The van der Waals surface area contributed by atoms with Gasteiger partial charge in [-0.15, -0.1) is 0 Å². The first-order valence-corrected chi connectivity index (χ1v) is 9.45. The number of nitrogens with zero attached hydrogens (tertiary/aromatic N) is 3. The molecule has 1 atom stereocenters. The number of anilines is 1. The van der Waals surface area contributed by atoms with Crippen molar-refractivity contribution in [1.82, 2.24) is 15.2 Å². The van der Waals surface area contributed by atoms with Gasteiger partial charge in [0.05, 0.1) is 23.9 Å². The molecule has 1 saturated heterocycles. The minimum atomic E-state index is -0.365. The van der Waals surface area contributed by atoms with Gasteiger partial charge in [0.2, 0.25) is 0 Å². The Morgan fingerprint density at radius 3 is 3.07 bits per heavy atom. The van der Waals surface area contributed by atoms with Crippen LogP contribution in [0.15, 0.2) is 36.7 Å². The molecular weight excluding hydrogens is 367 g/mol. The maximum atomic E-state index is 13.9. The van der Waals surface area contributed by atoms with Crippen LogP contribution in [0.1, 0.15) is 11.1 Å². The van der Waals surface area contributed by atoms with Crippen molar-refractivity contribution in [1.29, 1.82) is 0 Å². The van der Waals surface area contributed by atoms with Gasteiger partial charge in [0, 0.05) is 44.4 Å². The second-order valence-electron chi connectivity index (χ2n) is 6.60. The number of carbonyl (C=O) groups is 1. The van der Waals surface area contributed by atoms with Crippen LogP contribution in [0.4, 0.5) is 14.9 Å². The lowest BCUT2D eigenvalue weighted by molar-refractivity contribution is 0.188. The fraction of sp³-hybridized carbons (Fsp3) is 0.368. The largest absolute Gasteiger partial charge is 0.493 e. The number of nitrogens with one attached hydrogen (secondary N) is 1. The Morgan fingerprint density at radius 2 is 2.26 bits per heavy atom. The summed E-state index contributed by atoms with van der Waals surface area (Å²) in [5.74, 6) is 0.540. The summed E-state index contributed by atoms with van der Waals surface area (Å²) < 4.78 is 19.5. The number of aromatic nitrogens is 1. The van der Waals surface area contributed by atoms with Gasteiger partial charge in [-0.05, 0) is 17.7 Å².